The Balaban J connectivity index is 1.58. The molecule has 184 valence electrons. The molecule has 8 nitrogen and oxygen atoms in total. The minimum absolute atomic E-state index is 0.00347. The summed E-state index contributed by atoms with van der Waals surface area (Å²) in [6.45, 7) is 5.89. The van der Waals surface area contributed by atoms with Crippen molar-refractivity contribution in [2.75, 3.05) is 24.5 Å². The van der Waals surface area contributed by atoms with Gasteiger partial charge in [-0.15, -0.1) is 13.2 Å². The molecule has 1 aliphatic rings. The van der Waals surface area contributed by atoms with Gasteiger partial charge in [0.1, 0.15) is 23.0 Å². The standard InChI is InChI=1S/C24H25F3N6O2/c1-4-19(16-5-8-18(9-6-16)35-24(25,26)27)33-12-11-32(14-15(33)2)22-21-20(31(3)23(34)30-22)10-7-17(13-28)29-21/h5-10,15,19H,4,11-12,14H2,1-3H3. The number of hydrogen-bond acceptors (Lipinski definition) is 7. The predicted molar refractivity (Wildman–Crippen MR) is 124 cm³/mol. The van der Waals surface area contributed by atoms with Gasteiger partial charge in [0.25, 0.3) is 0 Å². The average molecular weight is 486 g/mol. The average Bonchev–Trinajstić information content (AvgIpc) is 2.82. The van der Waals surface area contributed by atoms with Crippen molar-refractivity contribution in [1.29, 1.82) is 5.26 Å². The number of fused-ring (bicyclic) bond motifs is 1. The van der Waals surface area contributed by atoms with Crippen molar-refractivity contribution in [3.8, 4) is 11.8 Å². The maximum Gasteiger partial charge on any atom is 0.573 e. The van der Waals surface area contributed by atoms with E-state index in [4.69, 9.17) is 0 Å². The molecule has 2 unspecified atom stereocenters. The molecule has 3 aromatic rings. The van der Waals surface area contributed by atoms with Gasteiger partial charge in [0.15, 0.2) is 5.82 Å². The monoisotopic (exact) mass is 486 g/mol. The van der Waals surface area contributed by atoms with Crippen molar-refractivity contribution in [1.82, 2.24) is 19.4 Å². The number of piperazine rings is 1. The Kier molecular flexibility index (Phi) is 6.67. The molecule has 0 N–H and O–H groups in total. The molecule has 1 aliphatic heterocycles. The predicted octanol–water partition coefficient (Wildman–Crippen LogP) is 3.76. The van der Waals surface area contributed by atoms with Gasteiger partial charge in [0.2, 0.25) is 0 Å². The van der Waals surface area contributed by atoms with E-state index in [9.17, 15) is 23.2 Å². The fourth-order valence-electron chi connectivity index (χ4n) is 4.67. The molecule has 0 amide bonds. The quantitative estimate of drug-likeness (QED) is 0.543. The maximum atomic E-state index is 12.5. The zero-order valence-corrected chi connectivity index (χ0v) is 19.6. The van der Waals surface area contributed by atoms with Crippen molar-refractivity contribution >= 4 is 16.9 Å². The molecule has 2 aromatic heterocycles. The molecule has 0 bridgehead atoms. The zero-order valence-electron chi connectivity index (χ0n) is 19.6. The highest BCUT2D eigenvalue weighted by atomic mass is 19.4. The molecule has 0 radical (unpaired) electrons. The smallest absolute Gasteiger partial charge is 0.406 e. The lowest BCUT2D eigenvalue weighted by atomic mass is 9.99. The Bertz CT molecular complexity index is 1320. The Morgan fingerprint density at radius 1 is 1.17 bits per heavy atom. The van der Waals surface area contributed by atoms with Crippen LogP contribution in [0.3, 0.4) is 0 Å². The van der Waals surface area contributed by atoms with E-state index in [1.807, 2.05) is 17.9 Å². The summed E-state index contributed by atoms with van der Waals surface area (Å²) in [5, 5.41) is 9.28. The first-order valence-electron chi connectivity index (χ1n) is 11.3. The van der Waals surface area contributed by atoms with E-state index in [-0.39, 0.29) is 23.5 Å². The van der Waals surface area contributed by atoms with Crippen LogP contribution in [0, 0.1) is 11.3 Å². The fourth-order valence-corrected chi connectivity index (χ4v) is 4.67. The summed E-state index contributed by atoms with van der Waals surface area (Å²) in [6.07, 6.45) is -3.96. The summed E-state index contributed by atoms with van der Waals surface area (Å²) in [5.74, 6) is 0.204. The minimum Gasteiger partial charge on any atom is -0.406 e. The molecule has 35 heavy (non-hydrogen) atoms. The summed E-state index contributed by atoms with van der Waals surface area (Å²) in [4.78, 5) is 25.5. The van der Waals surface area contributed by atoms with Crippen LogP contribution in [0.1, 0.15) is 37.6 Å². The van der Waals surface area contributed by atoms with Crippen molar-refractivity contribution in [2.45, 2.75) is 38.7 Å². The number of nitrogens with zero attached hydrogens (tertiary/aromatic N) is 6. The Labute approximate surface area is 200 Å². The van der Waals surface area contributed by atoms with Crippen LogP contribution in [0.2, 0.25) is 0 Å². The number of aryl methyl sites for hydroxylation is 1. The first-order valence-corrected chi connectivity index (χ1v) is 11.3. The highest BCUT2D eigenvalue weighted by molar-refractivity contribution is 5.86. The number of anilines is 1. The van der Waals surface area contributed by atoms with Gasteiger partial charge in [0.05, 0.1) is 5.52 Å². The first-order chi connectivity index (χ1) is 16.6. The Hall–Kier alpha value is -3.65. The number of aromatic nitrogens is 3. The van der Waals surface area contributed by atoms with E-state index < -0.39 is 12.1 Å². The molecule has 1 fully saturated rings. The molecule has 3 heterocycles. The summed E-state index contributed by atoms with van der Waals surface area (Å²) < 4.78 is 42.9. The lowest BCUT2D eigenvalue weighted by molar-refractivity contribution is -0.274. The fraction of sp³-hybridized carbons (Fsp3) is 0.417. The number of benzene rings is 1. The SMILES string of the molecule is CCC(c1ccc(OC(F)(F)F)cc1)N1CCN(c2nc(=O)n(C)c3ccc(C#N)nc23)CC1C. The van der Waals surface area contributed by atoms with Gasteiger partial charge < -0.3 is 9.64 Å². The number of alkyl halides is 3. The van der Waals surface area contributed by atoms with Crippen molar-refractivity contribution < 1.29 is 17.9 Å². The van der Waals surface area contributed by atoms with Gasteiger partial charge in [-0.1, -0.05) is 19.1 Å². The second kappa shape index (κ2) is 9.54. The van der Waals surface area contributed by atoms with E-state index in [1.54, 1.807) is 31.3 Å². The second-order valence-corrected chi connectivity index (χ2v) is 8.53. The molecule has 1 saturated heterocycles. The normalized spacial score (nSPS) is 17.9. The highest BCUT2D eigenvalue weighted by Gasteiger charge is 2.33. The van der Waals surface area contributed by atoms with Crippen LogP contribution in [0.5, 0.6) is 5.75 Å². The second-order valence-electron chi connectivity index (χ2n) is 8.53. The van der Waals surface area contributed by atoms with Gasteiger partial charge >= 0.3 is 12.1 Å². The molecule has 0 aliphatic carbocycles. The summed E-state index contributed by atoms with van der Waals surface area (Å²) in [5.41, 5.74) is 1.84. The molecular weight excluding hydrogens is 461 g/mol. The maximum absolute atomic E-state index is 12.5. The number of pyridine rings is 1. The van der Waals surface area contributed by atoms with Gasteiger partial charge in [-0.05, 0) is 43.2 Å². The Morgan fingerprint density at radius 3 is 2.49 bits per heavy atom. The lowest BCUT2D eigenvalue weighted by Gasteiger charge is -2.44. The van der Waals surface area contributed by atoms with Crippen LogP contribution < -0.4 is 15.3 Å². The van der Waals surface area contributed by atoms with Gasteiger partial charge in [-0.25, -0.2) is 9.78 Å². The zero-order chi connectivity index (χ0) is 25.3. The van der Waals surface area contributed by atoms with Crippen molar-refractivity contribution in [3.05, 3.63) is 58.1 Å². The van der Waals surface area contributed by atoms with E-state index >= 15 is 0 Å². The molecular formula is C24H25F3N6O2. The molecule has 0 spiro atoms. The van der Waals surface area contributed by atoms with Crippen LogP contribution in [-0.2, 0) is 7.05 Å². The van der Waals surface area contributed by atoms with Crippen LogP contribution in [0.25, 0.3) is 11.0 Å². The number of rotatable bonds is 5. The third-order valence-electron chi connectivity index (χ3n) is 6.31. The highest BCUT2D eigenvalue weighted by Crippen LogP contribution is 2.32. The number of hydrogen-bond donors (Lipinski definition) is 0. The van der Waals surface area contributed by atoms with E-state index in [0.717, 1.165) is 12.0 Å². The van der Waals surface area contributed by atoms with Crippen LogP contribution in [-0.4, -0.2) is 51.5 Å². The molecule has 11 heteroatoms. The largest absolute Gasteiger partial charge is 0.573 e. The molecule has 2 atom stereocenters. The molecule has 1 aromatic carbocycles. The van der Waals surface area contributed by atoms with E-state index in [1.165, 1.54) is 16.7 Å². The van der Waals surface area contributed by atoms with Gasteiger partial charge in [0, 0.05) is 38.8 Å². The van der Waals surface area contributed by atoms with Crippen LogP contribution in [0.15, 0.2) is 41.2 Å². The number of ether oxygens (including phenoxy) is 1. The summed E-state index contributed by atoms with van der Waals surface area (Å²) in [6, 6.07) is 11.4. The third kappa shape index (κ3) is 5.07. The topological polar surface area (TPSA) is 87.3 Å². The van der Waals surface area contributed by atoms with Crippen molar-refractivity contribution in [3.63, 3.8) is 0 Å². The third-order valence-corrected chi connectivity index (χ3v) is 6.31. The summed E-state index contributed by atoms with van der Waals surface area (Å²) >= 11 is 0. The number of nitriles is 1. The lowest BCUT2D eigenvalue weighted by Crippen LogP contribution is -2.53. The molecule has 4 rings (SSSR count). The first kappa shape index (κ1) is 24.5. The van der Waals surface area contributed by atoms with E-state index in [2.05, 4.69) is 26.5 Å². The van der Waals surface area contributed by atoms with Gasteiger partial charge in [-0.2, -0.15) is 10.2 Å². The summed E-state index contributed by atoms with van der Waals surface area (Å²) in [7, 11) is 1.62. The van der Waals surface area contributed by atoms with E-state index in [0.29, 0.717) is 36.5 Å². The van der Waals surface area contributed by atoms with Crippen molar-refractivity contribution in [2.24, 2.45) is 7.05 Å². The van der Waals surface area contributed by atoms with Crippen LogP contribution in [0.4, 0.5) is 19.0 Å². The molecule has 0 saturated carbocycles. The Morgan fingerprint density at radius 2 is 1.89 bits per heavy atom. The minimum atomic E-state index is -4.73. The van der Waals surface area contributed by atoms with Crippen LogP contribution >= 0.6 is 0 Å². The number of halogens is 3. The van der Waals surface area contributed by atoms with Gasteiger partial charge in [-0.3, -0.25) is 9.47 Å².